The third-order valence-corrected chi connectivity index (χ3v) is 4.72. The Hall–Kier alpha value is -1.35. The van der Waals surface area contributed by atoms with Crippen LogP contribution in [0.2, 0.25) is 0 Å². The van der Waals surface area contributed by atoms with E-state index < -0.39 is 0 Å². The number of piperidine rings is 1. The number of amides is 1. The normalized spacial score (nSPS) is 19.0. The first-order valence-electron chi connectivity index (χ1n) is 8.69. The molecule has 1 amide bonds. The number of rotatable bonds is 6. The number of nitrogens with zero attached hydrogens (tertiary/aromatic N) is 2. The van der Waals surface area contributed by atoms with Gasteiger partial charge in [-0.05, 0) is 45.1 Å². The van der Waals surface area contributed by atoms with Crippen molar-refractivity contribution in [3.8, 4) is 0 Å². The van der Waals surface area contributed by atoms with Crippen molar-refractivity contribution in [3.05, 3.63) is 35.9 Å². The molecule has 1 fully saturated rings. The van der Waals surface area contributed by atoms with Crippen LogP contribution in [0, 0.1) is 0 Å². The molecule has 1 aromatic carbocycles. The number of carbonyl (C=O) groups is 1. The summed E-state index contributed by atoms with van der Waals surface area (Å²) in [6.07, 6.45) is 4.66. The van der Waals surface area contributed by atoms with Crippen molar-refractivity contribution in [1.29, 1.82) is 0 Å². The Morgan fingerprint density at radius 1 is 1.27 bits per heavy atom. The first kappa shape index (κ1) is 17.0. The summed E-state index contributed by atoms with van der Waals surface area (Å²) in [4.78, 5) is 17.2. The Morgan fingerprint density at radius 3 is 2.64 bits per heavy atom. The van der Waals surface area contributed by atoms with Crippen LogP contribution in [0.3, 0.4) is 0 Å². The van der Waals surface area contributed by atoms with Crippen molar-refractivity contribution in [3.63, 3.8) is 0 Å². The smallest absolute Gasteiger partial charge is 0.237 e. The fourth-order valence-corrected chi connectivity index (χ4v) is 3.26. The van der Waals surface area contributed by atoms with Crippen LogP contribution in [-0.4, -0.2) is 40.9 Å². The average molecular weight is 302 g/mol. The topological polar surface area (TPSA) is 23.6 Å². The van der Waals surface area contributed by atoms with E-state index in [1.165, 1.54) is 18.4 Å². The Bertz CT molecular complexity index is 458. The largest absolute Gasteiger partial charge is 0.339 e. The van der Waals surface area contributed by atoms with Crippen LogP contribution in [0.25, 0.3) is 0 Å². The van der Waals surface area contributed by atoms with Crippen molar-refractivity contribution >= 4 is 5.91 Å². The average Bonchev–Trinajstić information content (AvgIpc) is 2.55. The maximum absolute atomic E-state index is 12.8. The summed E-state index contributed by atoms with van der Waals surface area (Å²) < 4.78 is 0. The van der Waals surface area contributed by atoms with E-state index in [-0.39, 0.29) is 0 Å². The Morgan fingerprint density at radius 2 is 2.00 bits per heavy atom. The lowest BCUT2D eigenvalue weighted by Crippen LogP contribution is -2.48. The molecule has 3 nitrogen and oxygen atoms in total. The zero-order valence-electron chi connectivity index (χ0n) is 14.3. The molecule has 1 atom stereocenters. The molecule has 0 radical (unpaired) electrons. The molecule has 0 saturated carbocycles. The van der Waals surface area contributed by atoms with E-state index in [1.54, 1.807) is 0 Å². The highest BCUT2D eigenvalue weighted by Gasteiger charge is 2.27. The molecule has 22 heavy (non-hydrogen) atoms. The minimum absolute atomic E-state index is 0.302. The molecule has 1 aromatic rings. The quantitative estimate of drug-likeness (QED) is 0.800. The van der Waals surface area contributed by atoms with E-state index >= 15 is 0 Å². The van der Waals surface area contributed by atoms with Crippen LogP contribution in [0.5, 0.6) is 0 Å². The number of benzene rings is 1. The minimum Gasteiger partial charge on any atom is -0.339 e. The molecule has 0 aliphatic carbocycles. The molecule has 0 aromatic heterocycles. The molecule has 3 heteroatoms. The lowest BCUT2D eigenvalue weighted by Gasteiger charge is -2.37. The highest BCUT2D eigenvalue weighted by molar-refractivity contribution is 5.78. The van der Waals surface area contributed by atoms with Crippen LogP contribution in [0.15, 0.2) is 30.3 Å². The van der Waals surface area contributed by atoms with Crippen molar-refractivity contribution < 1.29 is 4.79 Å². The molecule has 1 aliphatic heterocycles. The number of carbonyl (C=O) groups excluding carboxylic acids is 1. The van der Waals surface area contributed by atoms with Gasteiger partial charge in [0.1, 0.15) is 0 Å². The van der Waals surface area contributed by atoms with Gasteiger partial charge in [-0.1, -0.05) is 37.3 Å². The maximum atomic E-state index is 12.8. The summed E-state index contributed by atoms with van der Waals surface area (Å²) in [6.45, 7) is 8.85. The van der Waals surface area contributed by atoms with E-state index in [0.29, 0.717) is 24.5 Å². The van der Waals surface area contributed by atoms with Gasteiger partial charge in [-0.3, -0.25) is 9.69 Å². The highest BCUT2D eigenvalue weighted by Crippen LogP contribution is 2.20. The molecular weight excluding hydrogens is 272 g/mol. The van der Waals surface area contributed by atoms with Crippen LogP contribution in [0.4, 0.5) is 0 Å². The van der Waals surface area contributed by atoms with Crippen LogP contribution in [0.1, 0.15) is 52.0 Å². The fourth-order valence-electron chi connectivity index (χ4n) is 3.26. The predicted molar refractivity (Wildman–Crippen MR) is 91.6 cm³/mol. The lowest BCUT2D eigenvalue weighted by atomic mass is 10.00. The standard InChI is InChI=1S/C19H30N2O/c1-4-18-12-8-9-13-21(18)19(22)15-20(16(2)3)14-17-10-6-5-7-11-17/h5-7,10-11,16,18H,4,8-9,12-15H2,1-3H3. The fraction of sp³-hybridized carbons (Fsp3) is 0.632. The summed E-state index contributed by atoms with van der Waals surface area (Å²) in [5, 5.41) is 0. The van der Waals surface area contributed by atoms with Gasteiger partial charge in [-0.2, -0.15) is 0 Å². The van der Waals surface area contributed by atoms with Gasteiger partial charge in [0.25, 0.3) is 0 Å². The molecule has 1 heterocycles. The lowest BCUT2D eigenvalue weighted by molar-refractivity contribution is -0.136. The summed E-state index contributed by atoms with van der Waals surface area (Å²) in [6, 6.07) is 11.3. The number of likely N-dealkylation sites (tertiary alicyclic amines) is 1. The van der Waals surface area contributed by atoms with Crippen molar-refractivity contribution in [2.24, 2.45) is 0 Å². The van der Waals surface area contributed by atoms with Crippen molar-refractivity contribution in [2.75, 3.05) is 13.1 Å². The molecule has 122 valence electrons. The van der Waals surface area contributed by atoms with E-state index in [0.717, 1.165) is 25.9 Å². The molecule has 2 rings (SSSR count). The zero-order chi connectivity index (χ0) is 15.9. The first-order valence-corrected chi connectivity index (χ1v) is 8.69. The third-order valence-electron chi connectivity index (χ3n) is 4.72. The van der Waals surface area contributed by atoms with Crippen molar-refractivity contribution in [2.45, 2.75) is 65.1 Å². The molecule has 0 N–H and O–H groups in total. The molecule has 1 unspecified atom stereocenters. The van der Waals surface area contributed by atoms with Gasteiger partial charge in [0.2, 0.25) is 5.91 Å². The summed E-state index contributed by atoms with van der Waals surface area (Å²) in [5.74, 6) is 0.302. The van der Waals surface area contributed by atoms with Gasteiger partial charge >= 0.3 is 0 Å². The van der Waals surface area contributed by atoms with Crippen molar-refractivity contribution in [1.82, 2.24) is 9.80 Å². The van der Waals surface area contributed by atoms with Gasteiger partial charge in [-0.15, -0.1) is 0 Å². The minimum atomic E-state index is 0.302. The second-order valence-corrected chi connectivity index (χ2v) is 6.63. The van der Waals surface area contributed by atoms with E-state index in [2.05, 4.69) is 54.8 Å². The van der Waals surface area contributed by atoms with Gasteiger partial charge in [0.05, 0.1) is 6.54 Å². The van der Waals surface area contributed by atoms with E-state index in [4.69, 9.17) is 0 Å². The van der Waals surface area contributed by atoms with Crippen LogP contribution < -0.4 is 0 Å². The summed E-state index contributed by atoms with van der Waals surface area (Å²) in [5.41, 5.74) is 1.27. The van der Waals surface area contributed by atoms with Crippen LogP contribution >= 0.6 is 0 Å². The molecule has 1 aliphatic rings. The predicted octanol–water partition coefficient (Wildman–Crippen LogP) is 3.69. The SMILES string of the molecule is CCC1CCCCN1C(=O)CN(Cc1ccccc1)C(C)C. The Balaban J connectivity index is 1.99. The summed E-state index contributed by atoms with van der Waals surface area (Å²) >= 11 is 0. The Kier molecular flexibility index (Phi) is 6.44. The first-order chi connectivity index (χ1) is 10.6. The molecule has 0 bridgehead atoms. The van der Waals surface area contributed by atoms with Gasteiger partial charge in [0.15, 0.2) is 0 Å². The van der Waals surface area contributed by atoms with Gasteiger partial charge in [0, 0.05) is 25.2 Å². The van der Waals surface area contributed by atoms with Gasteiger partial charge in [-0.25, -0.2) is 0 Å². The zero-order valence-corrected chi connectivity index (χ0v) is 14.3. The Labute approximate surface area is 135 Å². The van der Waals surface area contributed by atoms with E-state index in [9.17, 15) is 4.79 Å². The van der Waals surface area contributed by atoms with Gasteiger partial charge < -0.3 is 4.90 Å². The van der Waals surface area contributed by atoms with Crippen LogP contribution in [-0.2, 0) is 11.3 Å². The third kappa shape index (κ3) is 4.57. The van der Waals surface area contributed by atoms with E-state index in [1.807, 2.05) is 6.07 Å². The monoisotopic (exact) mass is 302 g/mol. The second kappa shape index (κ2) is 8.33. The molecule has 1 saturated heterocycles. The summed E-state index contributed by atoms with van der Waals surface area (Å²) in [7, 11) is 0. The number of hydrogen-bond donors (Lipinski definition) is 0. The molecule has 0 spiro atoms. The second-order valence-electron chi connectivity index (χ2n) is 6.63. The number of hydrogen-bond acceptors (Lipinski definition) is 2. The maximum Gasteiger partial charge on any atom is 0.237 e. The molecular formula is C19H30N2O. The highest BCUT2D eigenvalue weighted by atomic mass is 16.2.